The lowest BCUT2D eigenvalue weighted by Gasteiger charge is -2.13. The summed E-state index contributed by atoms with van der Waals surface area (Å²) >= 11 is 0. The van der Waals surface area contributed by atoms with Gasteiger partial charge in [0.2, 0.25) is 5.91 Å². The molecule has 0 aromatic heterocycles. The summed E-state index contributed by atoms with van der Waals surface area (Å²) in [5, 5.41) is 13.7. The Morgan fingerprint density at radius 2 is 2.00 bits per heavy atom. The van der Waals surface area contributed by atoms with Crippen molar-refractivity contribution >= 4 is 17.9 Å². The molecule has 0 aliphatic carbocycles. The van der Waals surface area contributed by atoms with Crippen LogP contribution in [0, 0.1) is 5.92 Å². The van der Waals surface area contributed by atoms with Crippen LogP contribution < -0.4 is 16.4 Å². The first-order valence-electron chi connectivity index (χ1n) is 6.05. The third-order valence-corrected chi connectivity index (χ3v) is 2.37. The smallest absolute Gasteiger partial charge is 0.314 e. The number of nitrogens with two attached hydrogens (primary N) is 1. The predicted octanol–water partition coefficient (Wildman–Crippen LogP) is -0.712. The molecule has 0 spiro atoms. The normalized spacial score (nSPS) is 11.6. The molecule has 0 aromatic rings. The summed E-state index contributed by atoms with van der Waals surface area (Å²) in [6.07, 6.45) is 0.701. The third-order valence-electron chi connectivity index (χ3n) is 2.37. The van der Waals surface area contributed by atoms with Gasteiger partial charge in [-0.2, -0.15) is 0 Å². The molecule has 0 saturated carbocycles. The van der Waals surface area contributed by atoms with Crippen LogP contribution in [0.1, 0.15) is 19.8 Å². The Labute approximate surface area is 111 Å². The second kappa shape index (κ2) is 10.1. The molecule has 3 amide bonds. The number of aliphatic carboxylic acids is 1. The zero-order chi connectivity index (χ0) is 14.7. The lowest BCUT2D eigenvalue weighted by atomic mass is 10.0. The van der Waals surface area contributed by atoms with Crippen LogP contribution in [0.3, 0.4) is 0 Å². The number of carbonyl (C=O) groups is 3. The molecule has 19 heavy (non-hydrogen) atoms. The van der Waals surface area contributed by atoms with Gasteiger partial charge in [-0.05, 0) is 5.92 Å². The van der Waals surface area contributed by atoms with Crippen LogP contribution in [0.2, 0.25) is 0 Å². The molecule has 8 nitrogen and oxygen atoms in total. The Hall–Kier alpha value is -1.83. The van der Waals surface area contributed by atoms with E-state index in [1.54, 1.807) is 0 Å². The van der Waals surface area contributed by atoms with E-state index in [4.69, 9.17) is 15.6 Å². The van der Waals surface area contributed by atoms with E-state index in [9.17, 15) is 14.4 Å². The number of nitrogens with one attached hydrogen (secondary N) is 2. The zero-order valence-corrected chi connectivity index (χ0v) is 11.0. The van der Waals surface area contributed by atoms with E-state index < -0.39 is 17.9 Å². The highest BCUT2D eigenvalue weighted by Crippen LogP contribution is 2.06. The van der Waals surface area contributed by atoms with Crippen molar-refractivity contribution in [2.24, 2.45) is 11.7 Å². The third kappa shape index (κ3) is 11.0. The van der Waals surface area contributed by atoms with Crippen molar-refractivity contribution in [2.75, 3.05) is 26.3 Å². The number of carboxylic acids is 1. The van der Waals surface area contributed by atoms with E-state index in [-0.39, 0.29) is 32.1 Å². The zero-order valence-electron chi connectivity index (χ0n) is 11.0. The maximum atomic E-state index is 11.3. The number of rotatable bonds is 10. The second-order valence-electron chi connectivity index (χ2n) is 4.03. The van der Waals surface area contributed by atoms with E-state index in [0.717, 1.165) is 0 Å². The molecule has 1 atom stereocenters. The number of hydrogen-bond donors (Lipinski definition) is 4. The molecule has 110 valence electrons. The summed E-state index contributed by atoms with van der Waals surface area (Å²) in [5.74, 6) is -1.54. The fraction of sp³-hybridized carbons (Fsp3) is 0.727. The number of amides is 3. The van der Waals surface area contributed by atoms with Gasteiger partial charge in [0, 0.05) is 19.5 Å². The van der Waals surface area contributed by atoms with Gasteiger partial charge in [-0.3, -0.25) is 9.59 Å². The maximum absolute atomic E-state index is 11.3. The molecule has 0 aliphatic heterocycles. The van der Waals surface area contributed by atoms with Gasteiger partial charge in [0.1, 0.15) is 6.61 Å². The minimum atomic E-state index is -0.881. The molecule has 0 aliphatic rings. The minimum Gasteiger partial charge on any atom is -0.481 e. The van der Waals surface area contributed by atoms with Gasteiger partial charge in [-0.25, -0.2) is 4.79 Å². The quantitative estimate of drug-likeness (QED) is 0.391. The van der Waals surface area contributed by atoms with Crippen molar-refractivity contribution < 1.29 is 24.2 Å². The van der Waals surface area contributed by atoms with Crippen molar-refractivity contribution in [3.05, 3.63) is 0 Å². The van der Waals surface area contributed by atoms with Crippen LogP contribution in [0.5, 0.6) is 0 Å². The number of primary amides is 1. The largest absolute Gasteiger partial charge is 0.481 e. The predicted molar refractivity (Wildman–Crippen MR) is 67.4 cm³/mol. The Balaban J connectivity index is 3.62. The first kappa shape index (κ1) is 17.2. The molecule has 1 unspecified atom stereocenters. The molecule has 0 saturated heterocycles. The molecule has 5 N–H and O–H groups in total. The fourth-order valence-electron chi connectivity index (χ4n) is 1.32. The monoisotopic (exact) mass is 275 g/mol. The van der Waals surface area contributed by atoms with Gasteiger partial charge < -0.3 is 26.2 Å². The van der Waals surface area contributed by atoms with Crippen molar-refractivity contribution in [2.45, 2.75) is 19.8 Å². The number of ether oxygens (including phenoxy) is 1. The topological polar surface area (TPSA) is 131 Å². The molecule has 0 aromatic carbocycles. The number of carboxylic acid groups (broad SMARTS) is 1. The van der Waals surface area contributed by atoms with E-state index in [1.165, 1.54) is 0 Å². The number of urea groups is 1. The highest BCUT2D eigenvalue weighted by atomic mass is 16.5. The highest BCUT2D eigenvalue weighted by Gasteiger charge is 2.12. The molecular weight excluding hydrogens is 254 g/mol. The highest BCUT2D eigenvalue weighted by molar-refractivity contribution is 5.75. The first-order valence-corrected chi connectivity index (χ1v) is 6.05. The summed E-state index contributed by atoms with van der Waals surface area (Å²) in [6.45, 7) is 2.42. The standard InChI is InChI=1S/C11H21N3O5/c1-2-8(5-10(16)17)6-14-11(18)13-3-4-19-7-9(12)15/h8H,2-7H2,1H3,(H2,12,15)(H,16,17)(H2,13,14,18). The van der Waals surface area contributed by atoms with Crippen molar-refractivity contribution in [3.8, 4) is 0 Å². The SMILES string of the molecule is CCC(CNC(=O)NCCOCC(N)=O)CC(=O)O. The maximum Gasteiger partial charge on any atom is 0.314 e. The first-order chi connectivity index (χ1) is 8.95. The molecule has 0 fully saturated rings. The fourth-order valence-corrected chi connectivity index (χ4v) is 1.32. The molecule has 8 heteroatoms. The summed E-state index contributed by atoms with van der Waals surface area (Å²) in [5.41, 5.74) is 4.86. The Kier molecular flexibility index (Phi) is 9.15. The van der Waals surface area contributed by atoms with Crippen LogP contribution in [0.15, 0.2) is 0 Å². The molecule has 0 bridgehead atoms. The summed E-state index contributed by atoms with van der Waals surface area (Å²) in [6, 6.07) is -0.397. The Morgan fingerprint density at radius 1 is 1.32 bits per heavy atom. The molecule has 0 rings (SSSR count). The number of hydrogen-bond acceptors (Lipinski definition) is 4. The average molecular weight is 275 g/mol. The van der Waals surface area contributed by atoms with Crippen LogP contribution >= 0.6 is 0 Å². The van der Waals surface area contributed by atoms with Crippen molar-refractivity contribution in [3.63, 3.8) is 0 Å². The van der Waals surface area contributed by atoms with Crippen LogP contribution in [0.25, 0.3) is 0 Å². The van der Waals surface area contributed by atoms with E-state index in [1.807, 2.05) is 6.92 Å². The van der Waals surface area contributed by atoms with Crippen molar-refractivity contribution in [1.29, 1.82) is 0 Å². The lowest BCUT2D eigenvalue weighted by Crippen LogP contribution is -2.40. The lowest BCUT2D eigenvalue weighted by molar-refractivity contribution is -0.138. The van der Waals surface area contributed by atoms with Gasteiger partial charge in [-0.15, -0.1) is 0 Å². The average Bonchev–Trinajstić information content (AvgIpc) is 2.33. The minimum absolute atomic E-state index is 0.0263. The molecule has 0 radical (unpaired) electrons. The molecular formula is C11H21N3O5. The van der Waals surface area contributed by atoms with Gasteiger partial charge in [0.15, 0.2) is 0 Å². The Bertz CT molecular complexity index is 309. The Morgan fingerprint density at radius 3 is 2.53 bits per heavy atom. The van der Waals surface area contributed by atoms with Gasteiger partial charge in [0.25, 0.3) is 0 Å². The molecule has 0 heterocycles. The van der Waals surface area contributed by atoms with Gasteiger partial charge in [0.05, 0.1) is 6.61 Å². The summed E-state index contributed by atoms with van der Waals surface area (Å²) in [4.78, 5) is 32.2. The van der Waals surface area contributed by atoms with Crippen molar-refractivity contribution in [1.82, 2.24) is 10.6 Å². The second-order valence-corrected chi connectivity index (χ2v) is 4.03. The van der Waals surface area contributed by atoms with Gasteiger partial charge in [-0.1, -0.05) is 13.3 Å². The summed E-state index contributed by atoms with van der Waals surface area (Å²) < 4.78 is 4.85. The van der Waals surface area contributed by atoms with E-state index in [2.05, 4.69) is 10.6 Å². The van der Waals surface area contributed by atoms with Gasteiger partial charge >= 0.3 is 12.0 Å². The van der Waals surface area contributed by atoms with Crippen LogP contribution in [-0.2, 0) is 14.3 Å². The summed E-state index contributed by atoms with van der Waals surface area (Å²) in [7, 11) is 0. The van der Waals surface area contributed by atoms with Crippen LogP contribution in [-0.4, -0.2) is 49.3 Å². The van der Waals surface area contributed by atoms with E-state index in [0.29, 0.717) is 13.0 Å². The van der Waals surface area contributed by atoms with E-state index >= 15 is 0 Å². The number of carbonyl (C=O) groups excluding carboxylic acids is 2. The van der Waals surface area contributed by atoms with Crippen LogP contribution in [0.4, 0.5) is 4.79 Å².